The zero-order valence-electron chi connectivity index (χ0n) is 10.00. The maximum absolute atomic E-state index is 8.51. The van der Waals surface area contributed by atoms with Crippen molar-refractivity contribution >= 4 is 0 Å². The van der Waals surface area contributed by atoms with Crippen LogP contribution in [-0.4, -0.2) is 21.6 Å². The van der Waals surface area contributed by atoms with E-state index in [0.717, 1.165) is 17.7 Å². The third-order valence-corrected chi connectivity index (χ3v) is 2.34. The number of nitriles is 1. The summed E-state index contributed by atoms with van der Waals surface area (Å²) in [6.45, 7) is 1.99. The fraction of sp³-hybridized carbons (Fsp3) is 0.231. The van der Waals surface area contributed by atoms with Crippen LogP contribution in [0.15, 0.2) is 30.6 Å². The van der Waals surface area contributed by atoms with Crippen molar-refractivity contribution in [3.05, 3.63) is 36.3 Å². The van der Waals surface area contributed by atoms with Gasteiger partial charge in [0, 0.05) is 29.7 Å². The molecule has 2 heterocycles. The fourth-order valence-corrected chi connectivity index (χ4v) is 1.46. The van der Waals surface area contributed by atoms with Crippen LogP contribution in [0.3, 0.4) is 0 Å². The molecule has 90 valence electrons. The van der Waals surface area contributed by atoms with Crippen LogP contribution < -0.4 is 4.74 Å². The molecule has 2 aromatic heterocycles. The highest BCUT2D eigenvalue weighted by Crippen LogP contribution is 2.18. The van der Waals surface area contributed by atoms with Gasteiger partial charge in [-0.15, -0.1) is 0 Å². The van der Waals surface area contributed by atoms with Crippen LogP contribution in [0.4, 0.5) is 0 Å². The van der Waals surface area contributed by atoms with Crippen molar-refractivity contribution in [3.63, 3.8) is 0 Å². The molecule has 0 radical (unpaired) electrons. The van der Waals surface area contributed by atoms with E-state index in [1.54, 1.807) is 18.5 Å². The van der Waals surface area contributed by atoms with Gasteiger partial charge >= 0.3 is 0 Å². The van der Waals surface area contributed by atoms with Crippen molar-refractivity contribution in [2.45, 2.75) is 13.3 Å². The molecule has 2 rings (SSSR count). The molecule has 0 spiro atoms. The molecule has 5 nitrogen and oxygen atoms in total. The summed E-state index contributed by atoms with van der Waals surface area (Å²) in [6.07, 6.45) is 4.16. The van der Waals surface area contributed by atoms with Crippen LogP contribution in [-0.2, 0) is 6.42 Å². The SMILES string of the molecule is CCc1cc(OCC#N)nc(-c2ccncc2)n1. The summed E-state index contributed by atoms with van der Waals surface area (Å²) < 4.78 is 5.23. The lowest BCUT2D eigenvalue weighted by Gasteiger charge is -2.06. The first-order valence-corrected chi connectivity index (χ1v) is 5.61. The summed E-state index contributed by atoms with van der Waals surface area (Å²) >= 11 is 0. The van der Waals surface area contributed by atoms with E-state index in [2.05, 4.69) is 15.0 Å². The van der Waals surface area contributed by atoms with Gasteiger partial charge in [-0.05, 0) is 18.6 Å². The van der Waals surface area contributed by atoms with E-state index in [1.165, 1.54) is 0 Å². The number of ether oxygens (including phenoxy) is 1. The zero-order chi connectivity index (χ0) is 12.8. The lowest BCUT2D eigenvalue weighted by molar-refractivity contribution is 0.352. The second-order valence-electron chi connectivity index (χ2n) is 3.56. The summed E-state index contributed by atoms with van der Waals surface area (Å²) in [7, 11) is 0. The summed E-state index contributed by atoms with van der Waals surface area (Å²) in [4.78, 5) is 12.7. The monoisotopic (exact) mass is 240 g/mol. The van der Waals surface area contributed by atoms with E-state index < -0.39 is 0 Å². The van der Waals surface area contributed by atoms with Gasteiger partial charge in [0.15, 0.2) is 12.4 Å². The molecular formula is C13H12N4O. The minimum absolute atomic E-state index is 0.0179. The van der Waals surface area contributed by atoms with Crippen LogP contribution in [0.1, 0.15) is 12.6 Å². The highest BCUT2D eigenvalue weighted by molar-refractivity contribution is 5.54. The third-order valence-electron chi connectivity index (χ3n) is 2.34. The van der Waals surface area contributed by atoms with Gasteiger partial charge in [0.05, 0.1) is 0 Å². The van der Waals surface area contributed by atoms with Gasteiger partial charge in [0.1, 0.15) is 6.07 Å². The Morgan fingerprint density at radius 3 is 2.72 bits per heavy atom. The molecule has 0 saturated heterocycles. The summed E-state index contributed by atoms with van der Waals surface area (Å²) in [6, 6.07) is 7.34. The van der Waals surface area contributed by atoms with Crippen LogP contribution >= 0.6 is 0 Å². The van der Waals surface area contributed by atoms with Crippen LogP contribution in [0.25, 0.3) is 11.4 Å². The molecule has 18 heavy (non-hydrogen) atoms. The largest absolute Gasteiger partial charge is 0.462 e. The van der Waals surface area contributed by atoms with E-state index >= 15 is 0 Å². The molecular weight excluding hydrogens is 228 g/mol. The number of hydrogen-bond donors (Lipinski definition) is 0. The Labute approximate surface area is 105 Å². The predicted molar refractivity (Wildman–Crippen MR) is 65.7 cm³/mol. The van der Waals surface area contributed by atoms with Crippen molar-refractivity contribution in [1.29, 1.82) is 5.26 Å². The smallest absolute Gasteiger partial charge is 0.218 e. The minimum Gasteiger partial charge on any atom is -0.462 e. The van der Waals surface area contributed by atoms with E-state index in [0.29, 0.717) is 11.7 Å². The molecule has 0 bridgehead atoms. The fourth-order valence-electron chi connectivity index (χ4n) is 1.46. The average molecular weight is 240 g/mol. The molecule has 0 unspecified atom stereocenters. The van der Waals surface area contributed by atoms with Crippen molar-refractivity contribution in [3.8, 4) is 23.3 Å². The normalized spacial score (nSPS) is 9.78. The molecule has 0 aliphatic rings. The Morgan fingerprint density at radius 1 is 1.28 bits per heavy atom. The highest BCUT2D eigenvalue weighted by atomic mass is 16.5. The zero-order valence-corrected chi connectivity index (χ0v) is 10.00. The molecule has 2 aromatic rings. The molecule has 5 heteroatoms. The Bertz CT molecular complexity index is 563. The Morgan fingerprint density at radius 2 is 2.06 bits per heavy atom. The molecule has 0 aliphatic carbocycles. The summed E-state index contributed by atoms with van der Waals surface area (Å²) in [5.41, 5.74) is 1.76. The van der Waals surface area contributed by atoms with Gasteiger partial charge in [-0.25, -0.2) is 4.98 Å². The van der Waals surface area contributed by atoms with Crippen molar-refractivity contribution in [1.82, 2.24) is 15.0 Å². The first kappa shape index (κ1) is 12.0. The first-order valence-electron chi connectivity index (χ1n) is 5.61. The van der Waals surface area contributed by atoms with E-state index in [4.69, 9.17) is 10.00 Å². The molecule has 0 aliphatic heterocycles. The Balaban J connectivity index is 2.38. The average Bonchev–Trinajstić information content (AvgIpc) is 2.45. The van der Waals surface area contributed by atoms with Gasteiger partial charge < -0.3 is 4.74 Å². The molecule has 0 N–H and O–H groups in total. The van der Waals surface area contributed by atoms with Gasteiger partial charge in [0.25, 0.3) is 0 Å². The molecule has 0 amide bonds. The van der Waals surface area contributed by atoms with Crippen molar-refractivity contribution in [2.24, 2.45) is 0 Å². The summed E-state index contributed by atoms with van der Waals surface area (Å²) in [5, 5.41) is 8.51. The van der Waals surface area contributed by atoms with Crippen molar-refractivity contribution in [2.75, 3.05) is 6.61 Å². The standard InChI is InChI=1S/C13H12N4O/c1-2-11-9-12(18-8-5-14)17-13(16-11)10-3-6-15-7-4-10/h3-4,6-7,9H,2,8H2,1H3. The van der Waals surface area contributed by atoms with Crippen molar-refractivity contribution < 1.29 is 4.74 Å². The van der Waals surface area contributed by atoms with E-state index in [9.17, 15) is 0 Å². The maximum Gasteiger partial charge on any atom is 0.218 e. The minimum atomic E-state index is -0.0179. The quantitative estimate of drug-likeness (QED) is 0.817. The van der Waals surface area contributed by atoms with E-state index in [1.807, 2.05) is 25.1 Å². The highest BCUT2D eigenvalue weighted by Gasteiger charge is 2.06. The van der Waals surface area contributed by atoms with Crippen LogP contribution in [0.2, 0.25) is 0 Å². The Kier molecular flexibility index (Phi) is 3.82. The first-order chi connectivity index (χ1) is 8.83. The topological polar surface area (TPSA) is 71.7 Å². The number of hydrogen-bond acceptors (Lipinski definition) is 5. The maximum atomic E-state index is 8.51. The van der Waals surface area contributed by atoms with Gasteiger partial charge in [-0.3, -0.25) is 4.98 Å². The van der Waals surface area contributed by atoms with Gasteiger partial charge in [-0.1, -0.05) is 6.92 Å². The lowest BCUT2D eigenvalue weighted by atomic mass is 10.2. The van der Waals surface area contributed by atoms with Gasteiger partial charge in [0.2, 0.25) is 5.88 Å². The number of aromatic nitrogens is 3. The van der Waals surface area contributed by atoms with Crippen LogP contribution in [0, 0.1) is 11.3 Å². The Hall–Kier alpha value is -2.48. The molecule has 0 saturated carbocycles. The van der Waals surface area contributed by atoms with Gasteiger partial charge in [-0.2, -0.15) is 10.2 Å². The second-order valence-corrected chi connectivity index (χ2v) is 3.56. The lowest BCUT2D eigenvalue weighted by Crippen LogP contribution is -2.01. The number of rotatable bonds is 4. The predicted octanol–water partition coefficient (Wildman–Crippen LogP) is 2.00. The summed E-state index contributed by atoms with van der Waals surface area (Å²) in [5.74, 6) is 1.01. The number of aryl methyl sites for hydroxylation is 1. The molecule has 0 fully saturated rings. The van der Waals surface area contributed by atoms with Crippen LogP contribution in [0.5, 0.6) is 5.88 Å². The molecule has 0 atom stereocenters. The molecule has 0 aromatic carbocycles. The number of nitrogens with zero attached hydrogens (tertiary/aromatic N) is 4. The second kappa shape index (κ2) is 5.73. The van der Waals surface area contributed by atoms with E-state index in [-0.39, 0.29) is 6.61 Å². The number of pyridine rings is 1. The third kappa shape index (κ3) is 2.80.